The molecule has 2 aromatic heterocycles. The molecule has 0 aliphatic carbocycles. The summed E-state index contributed by atoms with van der Waals surface area (Å²) in [6.45, 7) is 0. The minimum absolute atomic E-state index is 0.0445. The van der Waals surface area contributed by atoms with Crippen LogP contribution in [0.15, 0.2) is 47.3 Å². The van der Waals surface area contributed by atoms with E-state index in [1.807, 2.05) is 0 Å². The number of carbonyl (C=O) groups excluding carboxylic acids is 1. The molecule has 0 spiro atoms. The number of imidazole rings is 1. The van der Waals surface area contributed by atoms with Crippen LogP contribution in [0.1, 0.15) is 10.5 Å². The van der Waals surface area contributed by atoms with Crippen LogP contribution in [-0.2, 0) is 0 Å². The van der Waals surface area contributed by atoms with E-state index in [-0.39, 0.29) is 45.4 Å². The molecule has 1 amide bonds. The number of hydrogen-bond donors (Lipinski definition) is 3. The van der Waals surface area contributed by atoms with Gasteiger partial charge in [-0.1, -0.05) is 18.2 Å². The van der Waals surface area contributed by atoms with Crippen LogP contribution in [0.4, 0.5) is 4.39 Å². The third kappa shape index (κ3) is 2.87. The second-order valence-corrected chi connectivity index (χ2v) is 6.03. The van der Waals surface area contributed by atoms with Gasteiger partial charge < -0.3 is 20.6 Å². The minimum atomic E-state index is -0.928. The van der Waals surface area contributed by atoms with Crippen LogP contribution in [0.25, 0.3) is 28.2 Å². The first-order valence-electron chi connectivity index (χ1n) is 8.36. The van der Waals surface area contributed by atoms with Crippen LogP contribution < -0.4 is 16.2 Å². The quantitative estimate of drug-likeness (QED) is 0.481. The highest BCUT2D eigenvalue weighted by Crippen LogP contribution is 2.36. The number of amides is 1. The molecule has 0 fully saturated rings. The van der Waals surface area contributed by atoms with Gasteiger partial charge in [-0.3, -0.25) is 4.79 Å². The van der Waals surface area contributed by atoms with E-state index in [1.54, 1.807) is 12.1 Å². The molecule has 0 radical (unpaired) electrons. The van der Waals surface area contributed by atoms with E-state index in [1.165, 1.54) is 37.4 Å². The highest BCUT2D eigenvalue weighted by molar-refractivity contribution is 6.02. The summed E-state index contributed by atoms with van der Waals surface area (Å²) >= 11 is 0. The van der Waals surface area contributed by atoms with Crippen molar-refractivity contribution in [2.75, 3.05) is 7.11 Å². The minimum Gasteiger partial charge on any atom is -0.504 e. The Labute approximate surface area is 162 Å². The molecule has 0 aliphatic heterocycles. The van der Waals surface area contributed by atoms with Crippen LogP contribution in [0.2, 0.25) is 0 Å². The van der Waals surface area contributed by atoms with Crippen molar-refractivity contribution in [3.05, 3.63) is 64.5 Å². The number of rotatable bonds is 4. The molecule has 0 unspecified atom stereocenters. The number of halogens is 1. The summed E-state index contributed by atoms with van der Waals surface area (Å²) in [4.78, 5) is 35.3. The molecule has 9 nitrogen and oxygen atoms in total. The summed E-state index contributed by atoms with van der Waals surface area (Å²) in [5.74, 6) is -1.79. The number of phenols is 1. The van der Waals surface area contributed by atoms with Crippen LogP contribution in [-0.4, -0.2) is 37.6 Å². The summed E-state index contributed by atoms with van der Waals surface area (Å²) in [5.41, 5.74) is 4.38. The zero-order valence-electron chi connectivity index (χ0n) is 15.0. The first-order chi connectivity index (χ1) is 13.9. The number of primary amides is 1. The second kappa shape index (κ2) is 6.75. The van der Waals surface area contributed by atoms with E-state index in [2.05, 4.69) is 15.0 Å². The fourth-order valence-electron chi connectivity index (χ4n) is 3.01. The third-order valence-electron chi connectivity index (χ3n) is 4.32. The average Bonchev–Trinajstić information content (AvgIpc) is 3.03. The standard InChI is InChI=1S/C19H14FN5O4/c1-29-12-8-4-5-9(15(12)26)17-22-13(16(21)27)14-18(24-17)25(19(28)23-14)11-7-3-2-6-10(11)20/h2-8,26H,1H3,(H2,21,27)(H,23,28). The average molecular weight is 395 g/mol. The largest absolute Gasteiger partial charge is 0.504 e. The molecule has 2 heterocycles. The number of phenolic OH excluding ortho intramolecular Hbond substituents is 1. The third-order valence-corrected chi connectivity index (χ3v) is 4.32. The SMILES string of the molecule is COc1cccc(-c2nc(C(N)=O)c3[nH]c(=O)n(-c4ccccc4F)c3n2)c1O. The molecule has 0 bridgehead atoms. The molecule has 29 heavy (non-hydrogen) atoms. The van der Waals surface area contributed by atoms with Crippen molar-refractivity contribution in [1.29, 1.82) is 0 Å². The Morgan fingerprint density at radius 2 is 1.97 bits per heavy atom. The van der Waals surface area contributed by atoms with Crippen molar-refractivity contribution in [1.82, 2.24) is 19.5 Å². The molecule has 4 rings (SSSR count). The van der Waals surface area contributed by atoms with E-state index in [4.69, 9.17) is 10.5 Å². The van der Waals surface area contributed by atoms with Gasteiger partial charge in [0.1, 0.15) is 11.3 Å². The number of nitrogens with one attached hydrogen (secondary N) is 1. The number of nitrogens with zero attached hydrogens (tertiary/aromatic N) is 3. The number of ether oxygens (including phenoxy) is 1. The molecular weight excluding hydrogens is 381 g/mol. The lowest BCUT2D eigenvalue weighted by Gasteiger charge is -2.10. The first-order valence-corrected chi connectivity index (χ1v) is 8.36. The van der Waals surface area contributed by atoms with Crippen molar-refractivity contribution >= 4 is 17.1 Å². The van der Waals surface area contributed by atoms with Crippen LogP contribution >= 0.6 is 0 Å². The van der Waals surface area contributed by atoms with E-state index in [0.717, 1.165) is 4.57 Å². The summed E-state index contributed by atoms with van der Waals surface area (Å²) < 4.78 is 20.4. The lowest BCUT2D eigenvalue weighted by molar-refractivity contribution is 0.0997. The fraction of sp³-hybridized carbons (Fsp3) is 0.0526. The Kier molecular flexibility index (Phi) is 4.23. The van der Waals surface area contributed by atoms with E-state index in [9.17, 15) is 19.1 Å². The lowest BCUT2D eigenvalue weighted by Crippen LogP contribution is -2.16. The lowest BCUT2D eigenvalue weighted by atomic mass is 10.1. The van der Waals surface area contributed by atoms with Crippen LogP contribution in [0, 0.1) is 5.82 Å². The number of H-pyrrole nitrogens is 1. The van der Waals surface area contributed by atoms with Crippen molar-refractivity contribution in [3.8, 4) is 28.6 Å². The number of hydrogen-bond acceptors (Lipinski definition) is 6. The van der Waals surface area contributed by atoms with Crippen molar-refractivity contribution < 1.29 is 19.0 Å². The number of para-hydroxylation sites is 2. The van der Waals surface area contributed by atoms with Crippen LogP contribution in [0.5, 0.6) is 11.5 Å². The highest BCUT2D eigenvalue weighted by atomic mass is 19.1. The van der Waals surface area contributed by atoms with Crippen molar-refractivity contribution in [2.45, 2.75) is 0 Å². The Morgan fingerprint density at radius 1 is 1.21 bits per heavy atom. The molecule has 146 valence electrons. The Morgan fingerprint density at radius 3 is 2.66 bits per heavy atom. The fourth-order valence-corrected chi connectivity index (χ4v) is 3.01. The maximum Gasteiger partial charge on any atom is 0.332 e. The topological polar surface area (TPSA) is 136 Å². The normalized spacial score (nSPS) is 11.0. The summed E-state index contributed by atoms with van der Waals surface area (Å²) in [6.07, 6.45) is 0. The van der Waals surface area contributed by atoms with Crippen molar-refractivity contribution in [2.24, 2.45) is 5.73 Å². The maximum absolute atomic E-state index is 14.3. The van der Waals surface area contributed by atoms with Gasteiger partial charge in [0.15, 0.2) is 28.7 Å². The zero-order valence-corrected chi connectivity index (χ0v) is 15.0. The summed E-state index contributed by atoms with van der Waals surface area (Å²) in [5, 5.41) is 10.4. The Hall–Kier alpha value is -4.21. The monoisotopic (exact) mass is 395 g/mol. The van der Waals surface area contributed by atoms with Gasteiger partial charge in [0.05, 0.1) is 18.4 Å². The van der Waals surface area contributed by atoms with Gasteiger partial charge in [-0.15, -0.1) is 0 Å². The second-order valence-electron chi connectivity index (χ2n) is 6.03. The van der Waals surface area contributed by atoms with Gasteiger partial charge in [-0.05, 0) is 24.3 Å². The first kappa shape index (κ1) is 18.2. The van der Waals surface area contributed by atoms with E-state index < -0.39 is 17.4 Å². The zero-order chi connectivity index (χ0) is 20.7. The molecular formula is C19H14FN5O4. The smallest absolute Gasteiger partial charge is 0.332 e. The van der Waals surface area contributed by atoms with Gasteiger partial charge >= 0.3 is 5.69 Å². The number of fused-ring (bicyclic) bond motifs is 1. The Balaban J connectivity index is 2.10. The predicted molar refractivity (Wildman–Crippen MR) is 102 cm³/mol. The number of carbonyl (C=O) groups is 1. The van der Waals surface area contributed by atoms with Crippen LogP contribution in [0.3, 0.4) is 0 Å². The molecule has 0 atom stereocenters. The highest BCUT2D eigenvalue weighted by Gasteiger charge is 2.23. The van der Waals surface area contributed by atoms with Gasteiger partial charge in [-0.2, -0.15) is 0 Å². The van der Waals surface area contributed by atoms with E-state index >= 15 is 0 Å². The number of aromatic amines is 1. The van der Waals surface area contributed by atoms with Crippen molar-refractivity contribution in [3.63, 3.8) is 0 Å². The molecule has 0 aliphatic rings. The Bertz CT molecular complexity index is 1330. The van der Waals surface area contributed by atoms with Gasteiger partial charge in [0.2, 0.25) is 0 Å². The number of benzene rings is 2. The molecule has 4 N–H and O–H groups in total. The number of aromatic nitrogens is 4. The molecule has 0 saturated carbocycles. The van der Waals surface area contributed by atoms with Gasteiger partial charge in [0.25, 0.3) is 5.91 Å². The molecule has 0 saturated heterocycles. The molecule has 10 heteroatoms. The number of methoxy groups -OCH3 is 1. The van der Waals surface area contributed by atoms with Gasteiger partial charge in [0, 0.05) is 0 Å². The number of aromatic hydroxyl groups is 1. The van der Waals surface area contributed by atoms with E-state index in [0.29, 0.717) is 0 Å². The summed E-state index contributed by atoms with van der Waals surface area (Å²) in [6, 6.07) is 10.2. The molecule has 4 aromatic rings. The summed E-state index contributed by atoms with van der Waals surface area (Å²) in [7, 11) is 1.37. The predicted octanol–water partition coefficient (Wildman–Crippen LogP) is 1.73. The van der Waals surface area contributed by atoms with Gasteiger partial charge in [-0.25, -0.2) is 23.7 Å². The number of nitrogens with two attached hydrogens (primary N) is 1. The maximum atomic E-state index is 14.3. The molecule has 2 aromatic carbocycles.